The van der Waals surface area contributed by atoms with Crippen LogP contribution in [0, 0.1) is 0 Å². The van der Waals surface area contributed by atoms with E-state index in [1.54, 1.807) is 0 Å². The Balaban J connectivity index is 1.05. The summed E-state index contributed by atoms with van der Waals surface area (Å²) in [6, 6.07) is 67.4. The molecular weight excluding hydrogens is 633 g/mol. The minimum atomic E-state index is 1.23. The van der Waals surface area contributed by atoms with E-state index in [1.165, 1.54) is 107 Å². The molecule has 0 spiro atoms. The predicted octanol–water partition coefficient (Wildman–Crippen LogP) is 14.8. The first-order chi connectivity index (χ1) is 25.3. The second-order valence-corrected chi connectivity index (χ2v) is 14.6. The summed E-state index contributed by atoms with van der Waals surface area (Å²) in [6.45, 7) is 0. The van der Waals surface area contributed by atoms with Crippen molar-refractivity contribution in [1.29, 1.82) is 0 Å². The van der Waals surface area contributed by atoms with Gasteiger partial charge in [0.05, 0.1) is 0 Å². The fraction of sp³-hybridized carbons (Fsp3) is 0. The zero-order valence-corrected chi connectivity index (χ0v) is 28.5. The fourth-order valence-electron chi connectivity index (χ4n) is 8.51. The lowest BCUT2D eigenvalue weighted by Gasteiger charge is -2.19. The molecule has 11 aromatic rings. The van der Waals surface area contributed by atoms with E-state index in [-0.39, 0.29) is 0 Å². The third-order valence-electron chi connectivity index (χ3n) is 10.8. The minimum Gasteiger partial charge on any atom is -0.135 e. The molecule has 11 rings (SSSR count). The molecule has 1 heteroatoms. The van der Waals surface area contributed by atoms with Crippen molar-refractivity contribution in [3.05, 3.63) is 182 Å². The Hall–Kier alpha value is -6.28. The molecule has 0 N–H and O–H groups in total. The van der Waals surface area contributed by atoms with Crippen LogP contribution in [-0.4, -0.2) is 0 Å². The molecule has 0 saturated carbocycles. The maximum Gasteiger partial charge on any atom is 0.0434 e. The average Bonchev–Trinajstić information content (AvgIpc) is 3.59. The summed E-state index contributed by atoms with van der Waals surface area (Å²) in [5.74, 6) is 0. The van der Waals surface area contributed by atoms with Crippen LogP contribution >= 0.6 is 11.3 Å². The SMILES string of the molecule is c1ccc2c(-c3c4ccccc4c(-c4ccc(-c5ccc6c(ccc7c6sc6ccc8ccccc8c67)c5)cc4)c4ccccc34)cccc2c1. The van der Waals surface area contributed by atoms with Gasteiger partial charge in [0, 0.05) is 20.2 Å². The van der Waals surface area contributed by atoms with E-state index in [0.29, 0.717) is 0 Å². The summed E-state index contributed by atoms with van der Waals surface area (Å²) >= 11 is 1.91. The highest BCUT2D eigenvalue weighted by molar-refractivity contribution is 7.26. The number of rotatable bonds is 3. The van der Waals surface area contributed by atoms with E-state index in [1.807, 2.05) is 11.3 Å². The zero-order chi connectivity index (χ0) is 33.5. The van der Waals surface area contributed by atoms with Crippen molar-refractivity contribution in [1.82, 2.24) is 0 Å². The van der Waals surface area contributed by atoms with Crippen molar-refractivity contribution in [3.8, 4) is 33.4 Å². The molecule has 10 aromatic carbocycles. The Morgan fingerprint density at radius 2 is 0.824 bits per heavy atom. The second kappa shape index (κ2) is 11.1. The molecule has 51 heavy (non-hydrogen) atoms. The number of fused-ring (bicyclic) bond motifs is 10. The topological polar surface area (TPSA) is 0 Å². The van der Waals surface area contributed by atoms with Crippen molar-refractivity contribution in [2.24, 2.45) is 0 Å². The number of hydrogen-bond donors (Lipinski definition) is 0. The zero-order valence-electron chi connectivity index (χ0n) is 27.7. The van der Waals surface area contributed by atoms with Gasteiger partial charge in [-0.3, -0.25) is 0 Å². The maximum atomic E-state index is 2.36. The molecule has 236 valence electrons. The van der Waals surface area contributed by atoms with Gasteiger partial charge in [-0.25, -0.2) is 0 Å². The van der Waals surface area contributed by atoms with Gasteiger partial charge in [0.25, 0.3) is 0 Å². The van der Waals surface area contributed by atoms with E-state index >= 15 is 0 Å². The summed E-state index contributed by atoms with van der Waals surface area (Å²) in [7, 11) is 0. The van der Waals surface area contributed by atoms with E-state index < -0.39 is 0 Å². The van der Waals surface area contributed by atoms with Gasteiger partial charge in [-0.1, -0.05) is 170 Å². The summed E-state index contributed by atoms with van der Waals surface area (Å²) < 4.78 is 2.72. The van der Waals surface area contributed by atoms with Crippen LogP contribution < -0.4 is 0 Å². The first-order valence-electron chi connectivity index (χ1n) is 17.6. The van der Waals surface area contributed by atoms with Crippen molar-refractivity contribution < 1.29 is 0 Å². The van der Waals surface area contributed by atoms with Crippen molar-refractivity contribution >= 4 is 85.4 Å². The summed E-state index contributed by atoms with van der Waals surface area (Å²) in [5.41, 5.74) is 7.56. The Morgan fingerprint density at radius 1 is 0.294 bits per heavy atom. The first-order valence-corrected chi connectivity index (χ1v) is 18.4. The monoisotopic (exact) mass is 662 g/mol. The Kier molecular flexibility index (Phi) is 6.22. The molecule has 0 radical (unpaired) electrons. The highest BCUT2D eigenvalue weighted by Gasteiger charge is 2.18. The fourth-order valence-corrected chi connectivity index (χ4v) is 9.77. The van der Waals surface area contributed by atoms with Gasteiger partial charge in [-0.2, -0.15) is 0 Å². The lowest BCUT2D eigenvalue weighted by Crippen LogP contribution is -1.91. The van der Waals surface area contributed by atoms with Gasteiger partial charge in [-0.15, -0.1) is 11.3 Å². The molecular formula is C50H30S. The second-order valence-electron chi connectivity index (χ2n) is 13.6. The van der Waals surface area contributed by atoms with Crippen LogP contribution in [-0.2, 0) is 0 Å². The predicted molar refractivity (Wildman–Crippen MR) is 223 cm³/mol. The van der Waals surface area contributed by atoms with Crippen LogP contribution in [0.2, 0.25) is 0 Å². The highest BCUT2D eigenvalue weighted by Crippen LogP contribution is 2.46. The Morgan fingerprint density at radius 3 is 1.55 bits per heavy atom. The van der Waals surface area contributed by atoms with E-state index in [0.717, 1.165) is 0 Å². The molecule has 0 aliphatic carbocycles. The van der Waals surface area contributed by atoms with Gasteiger partial charge in [0.15, 0.2) is 0 Å². The molecule has 0 nitrogen and oxygen atoms in total. The minimum absolute atomic E-state index is 1.23. The smallest absolute Gasteiger partial charge is 0.0434 e. The lowest BCUT2D eigenvalue weighted by molar-refractivity contribution is 1.63. The van der Waals surface area contributed by atoms with E-state index in [2.05, 4.69) is 182 Å². The third kappa shape index (κ3) is 4.32. The number of hydrogen-bond acceptors (Lipinski definition) is 1. The first kappa shape index (κ1) is 28.5. The molecule has 0 aliphatic heterocycles. The summed E-state index contributed by atoms with van der Waals surface area (Å²) in [4.78, 5) is 0. The summed E-state index contributed by atoms with van der Waals surface area (Å²) in [5, 5.41) is 15.6. The molecule has 0 aliphatic rings. The van der Waals surface area contributed by atoms with Crippen molar-refractivity contribution in [3.63, 3.8) is 0 Å². The highest BCUT2D eigenvalue weighted by atomic mass is 32.1. The van der Waals surface area contributed by atoms with Crippen LogP contribution in [0.3, 0.4) is 0 Å². The standard InChI is InChI=1S/C50H30S/c1-3-13-37-32(10-1)12-9-19-40(37)48-43-17-7-5-15-41(43)47(42-16-6-8-18-44(42)48)34-22-20-31(21-23-34)35-24-27-39-36(30-35)25-28-45-49-38-14-4-2-11-33(38)26-29-46(49)51-50(39)45/h1-30H. The average molecular weight is 663 g/mol. The van der Waals surface area contributed by atoms with E-state index in [9.17, 15) is 0 Å². The molecule has 0 amide bonds. The van der Waals surface area contributed by atoms with Crippen LogP contribution in [0.1, 0.15) is 0 Å². The Labute approximate surface area is 299 Å². The molecule has 1 heterocycles. The molecule has 0 bridgehead atoms. The molecule has 0 saturated heterocycles. The van der Waals surface area contributed by atoms with Crippen molar-refractivity contribution in [2.75, 3.05) is 0 Å². The molecule has 0 unspecified atom stereocenters. The van der Waals surface area contributed by atoms with Gasteiger partial charge in [0.2, 0.25) is 0 Å². The molecule has 0 fully saturated rings. The van der Waals surface area contributed by atoms with Crippen LogP contribution in [0.25, 0.3) is 107 Å². The van der Waals surface area contributed by atoms with E-state index in [4.69, 9.17) is 0 Å². The van der Waals surface area contributed by atoms with Gasteiger partial charge in [-0.05, 0) is 99.4 Å². The lowest BCUT2D eigenvalue weighted by atomic mass is 9.84. The van der Waals surface area contributed by atoms with Gasteiger partial charge in [0.1, 0.15) is 0 Å². The van der Waals surface area contributed by atoms with Crippen LogP contribution in [0.5, 0.6) is 0 Å². The number of benzene rings is 10. The number of thiophene rings is 1. The third-order valence-corrected chi connectivity index (χ3v) is 12.0. The van der Waals surface area contributed by atoms with Crippen LogP contribution in [0.15, 0.2) is 182 Å². The quantitative estimate of drug-likeness (QED) is 0.165. The van der Waals surface area contributed by atoms with Crippen molar-refractivity contribution in [2.45, 2.75) is 0 Å². The molecule has 0 atom stereocenters. The summed E-state index contributed by atoms with van der Waals surface area (Å²) in [6.07, 6.45) is 0. The normalized spacial score (nSPS) is 11.9. The van der Waals surface area contributed by atoms with Gasteiger partial charge < -0.3 is 0 Å². The Bertz CT molecular complexity index is 3120. The largest absolute Gasteiger partial charge is 0.135 e. The maximum absolute atomic E-state index is 2.36. The molecule has 1 aromatic heterocycles. The van der Waals surface area contributed by atoms with Crippen LogP contribution in [0.4, 0.5) is 0 Å². The van der Waals surface area contributed by atoms with Gasteiger partial charge >= 0.3 is 0 Å².